The van der Waals surface area contributed by atoms with E-state index in [9.17, 15) is 9.59 Å². The average Bonchev–Trinajstić information content (AvgIpc) is 2.27. The van der Waals surface area contributed by atoms with E-state index in [-0.39, 0.29) is 5.56 Å². The Morgan fingerprint density at radius 2 is 2.00 bits per heavy atom. The highest BCUT2D eigenvalue weighted by Crippen LogP contribution is 2.31. The molecule has 1 aliphatic carbocycles. The van der Waals surface area contributed by atoms with Crippen molar-refractivity contribution in [3.05, 3.63) is 41.0 Å². The molecular weight excluding hydrogens is 208 g/mol. The van der Waals surface area contributed by atoms with Crippen LogP contribution in [-0.4, -0.2) is 22.2 Å². The van der Waals surface area contributed by atoms with Crippen molar-refractivity contribution in [2.24, 2.45) is 0 Å². The fourth-order valence-electron chi connectivity index (χ4n) is 1.94. The molecule has 0 bridgehead atoms. The van der Waals surface area contributed by atoms with Crippen LogP contribution >= 0.6 is 0 Å². The number of rotatable bonds is 2. The normalized spacial score (nSPS) is 17.9. The molecule has 16 heavy (non-hydrogen) atoms. The zero-order valence-corrected chi connectivity index (χ0v) is 8.38. The number of hydrogen-bond donors (Lipinski definition) is 2. The zero-order valence-electron chi connectivity index (χ0n) is 8.38. The van der Waals surface area contributed by atoms with Gasteiger partial charge < -0.3 is 10.2 Å². The van der Waals surface area contributed by atoms with Crippen molar-refractivity contribution in [2.45, 2.75) is 12.3 Å². The predicted octanol–water partition coefficient (Wildman–Crippen LogP) is 1.97. The van der Waals surface area contributed by atoms with Crippen LogP contribution in [0.5, 0.6) is 0 Å². The Labute approximate surface area is 91.8 Å². The number of aromatic carboxylic acids is 1. The summed E-state index contributed by atoms with van der Waals surface area (Å²) >= 11 is 0. The first-order chi connectivity index (χ1) is 7.61. The highest BCUT2D eigenvalue weighted by Gasteiger charge is 2.25. The Morgan fingerprint density at radius 1 is 1.25 bits per heavy atom. The van der Waals surface area contributed by atoms with Gasteiger partial charge in [0.1, 0.15) is 0 Å². The molecule has 0 spiro atoms. The number of allylic oxidation sites excluding steroid dienone is 1. The quantitative estimate of drug-likeness (QED) is 0.795. The van der Waals surface area contributed by atoms with E-state index in [1.165, 1.54) is 6.07 Å². The van der Waals surface area contributed by atoms with Crippen LogP contribution in [-0.2, 0) is 4.79 Å². The van der Waals surface area contributed by atoms with Gasteiger partial charge in [-0.2, -0.15) is 0 Å². The topological polar surface area (TPSA) is 74.6 Å². The molecule has 4 nitrogen and oxygen atoms in total. The molecule has 0 amide bonds. The molecule has 1 aromatic carbocycles. The monoisotopic (exact) mass is 218 g/mol. The molecule has 0 saturated carbocycles. The van der Waals surface area contributed by atoms with Crippen molar-refractivity contribution in [1.29, 1.82) is 0 Å². The smallest absolute Gasteiger partial charge is 0.336 e. The molecule has 0 saturated heterocycles. The number of benzene rings is 1. The van der Waals surface area contributed by atoms with Crippen LogP contribution in [0.4, 0.5) is 0 Å². The van der Waals surface area contributed by atoms with Crippen LogP contribution in [0.3, 0.4) is 0 Å². The SMILES string of the molecule is O=C(O)c1cccc2c1C=CCC2C(=O)O. The minimum atomic E-state index is -1.03. The molecule has 2 rings (SSSR count). The second kappa shape index (κ2) is 3.81. The summed E-state index contributed by atoms with van der Waals surface area (Å²) in [6, 6.07) is 4.73. The van der Waals surface area contributed by atoms with E-state index in [4.69, 9.17) is 10.2 Å². The van der Waals surface area contributed by atoms with Crippen LogP contribution in [0.15, 0.2) is 24.3 Å². The number of carboxylic acid groups (broad SMARTS) is 2. The zero-order chi connectivity index (χ0) is 11.7. The first-order valence-corrected chi connectivity index (χ1v) is 4.87. The Morgan fingerprint density at radius 3 is 2.62 bits per heavy atom. The van der Waals surface area contributed by atoms with E-state index in [1.807, 2.05) is 0 Å². The fourth-order valence-corrected chi connectivity index (χ4v) is 1.94. The van der Waals surface area contributed by atoms with Gasteiger partial charge in [-0.3, -0.25) is 4.79 Å². The Kier molecular flexibility index (Phi) is 2.48. The summed E-state index contributed by atoms with van der Waals surface area (Å²) in [6.07, 6.45) is 3.79. The third-order valence-corrected chi connectivity index (χ3v) is 2.70. The third-order valence-electron chi connectivity index (χ3n) is 2.70. The Balaban J connectivity index is 2.60. The van der Waals surface area contributed by atoms with Gasteiger partial charge in [-0.25, -0.2) is 4.79 Å². The molecule has 4 heteroatoms. The van der Waals surface area contributed by atoms with Crippen molar-refractivity contribution in [1.82, 2.24) is 0 Å². The van der Waals surface area contributed by atoms with Gasteiger partial charge >= 0.3 is 11.9 Å². The van der Waals surface area contributed by atoms with Gasteiger partial charge in [0.2, 0.25) is 0 Å². The van der Waals surface area contributed by atoms with E-state index in [0.717, 1.165) is 0 Å². The van der Waals surface area contributed by atoms with Crippen LogP contribution in [0.2, 0.25) is 0 Å². The lowest BCUT2D eigenvalue weighted by atomic mass is 9.85. The molecule has 0 radical (unpaired) electrons. The van der Waals surface area contributed by atoms with Gasteiger partial charge in [0.15, 0.2) is 0 Å². The minimum absolute atomic E-state index is 0.153. The second-order valence-electron chi connectivity index (χ2n) is 3.64. The highest BCUT2D eigenvalue weighted by atomic mass is 16.4. The van der Waals surface area contributed by atoms with E-state index >= 15 is 0 Å². The maximum atomic E-state index is 11.0. The number of carbonyl (C=O) groups is 2. The van der Waals surface area contributed by atoms with Gasteiger partial charge in [0.05, 0.1) is 11.5 Å². The molecule has 0 heterocycles. The summed E-state index contributed by atoms with van der Waals surface area (Å²) in [6.45, 7) is 0. The Hall–Kier alpha value is -2.10. The van der Waals surface area contributed by atoms with Crippen molar-refractivity contribution in [3.63, 3.8) is 0 Å². The molecule has 0 fully saturated rings. The van der Waals surface area contributed by atoms with E-state index in [0.29, 0.717) is 17.5 Å². The van der Waals surface area contributed by atoms with Crippen LogP contribution < -0.4 is 0 Å². The average molecular weight is 218 g/mol. The molecular formula is C12H10O4. The van der Waals surface area contributed by atoms with E-state index < -0.39 is 17.9 Å². The number of hydrogen-bond acceptors (Lipinski definition) is 2. The maximum Gasteiger partial charge on any atom is 0.336 e. The lowest BCUT2D eigenvalue weighted by Crippen LogP contribution is -2.16. The molecule has 1 aromatic rings. The van der Waals surface area contributed by atoms with Crippen LogP contribution in [0, 0.1) is 0 Å². The number of carboxylic acids is 2. The molecule has 82 valence electrons. The molecule has 2 N–H and O–H groups in total. The molecule has 1 atom stereocenters. The summed E-state index contributed by atoms with van der Waals surface area (Å²) in [5.41, 5.74) is 1.24. The lowest BCUT2D eigenvalue weighted by Gasteiger charge is -2.19. The van der Waals surface area contributed by atoms with E-state index in [1.54, 1.807) is 24.3 Å². The van der Waals surface area contributed by atoms with Crippen molar-refractivity contribution < 1.29 is 19.8 Å². The largest absolute Gasteiger partial charge is 0.481 e. The van der Waals surface area contributed by atoms with Crippen molar-refractivity contribution in [3.8, 4) is 0 Å². The van der Waals surface area contributed by atoms with Gasteiger partial charge in [-0.1, -0.05) is 24.3 Å². The highest BCUT2D eigenvalue weighted by molar-refractivity contribution is 5.94. The Bertz CT molecular complexity index is 488. The molecule has 1 unspecified atom stereocenters. The maximum absolute atomic E-state index is 11.0. The predicted molar refractivity (Wildman–Crippen MR) is 57.4 cm³/mol. The van der Waals surface area contributed by atoms with E-state index in [2.05, 4.69) is 0 Å². The standard InChI is InChI=1S/C12H10O4/c13-11(14)9-5-1-3-7-8(9)4-2-6-10(7)12(15)16/h1-5,10H,6H2,(H,13,14)(H,15,16). The fraction of sp³-hybridized carbons (Fsp3) is 0.167. The molecule has 0 aromatic heterocycles. The first kappa shape index (κ1) is 10.4. The van der Waals surface area contributed by atoms with Gasteiger partial charge in [-0.05, 0) is 23.6 Å². The van der Waals surface area contributed by atoms with Crippen LogP contribution in [0.1, 0.15) is 33.8 Å². The summed E-state index contributed by atoms with van der Waals surface area (Å²) in [5, 5.41) is 18.0. The van der Waals surface area contributed by atoms with Gasteiger partial charge in [0, 0.05) is 0 Å². The summed E-state index contributed by atoms with van der Waals surface area (Å²) < 4.78 is 0. The van der Waals surface area contributed by atoms with Crippen molar-refractivity contribution in [2.75, 3.05) is 0 Å². The van der Waals surface area contributed by atoms with Gasteiger partial charge in [0.25, 0.3) is 0 Å². The lowest BCUT2D eigenvalue weighted by molar-refractivity contribution is -0.138. The molecule has 0 aliphatic heterocycles. The van der Waals surface area contributed by atoms with Crippen LogP contribution in [0.25, 0.3) is 6.08 Å². The minimum Gasteiger partial charge on any atom is -0.481 e. The third kappa shape index (κ3) is 1.58. The summed E-state index contributed by atoms with van der Waals surface area (Å²) in [4.78, 5) is 22.0. The molecule has 1 aliphatic rings. The summed E-state index contributed by atoms with van der Waals surface area (Å²) in [7, 11) is 0. The van der Waals surface area contributed by atoms with Gasteiger partial charge in [-0.15, -0.1) is 0 Å². The number of fused-ring (bicyclic) bond motifs is 1. The number of aliphatic carboxylic acids is 1. The van der Waals surface area contributed by atoms with Crippen molar-refractivity contribution >= 4 is 18.0 Å². The first-order valence-electron chi connectivity index (χ1n) is 4.87. The summed E-state index contributed by atoms with van der Waals surface area (Å²) in [5.74, 6) is -2.60. The second-order valence-corrected chi connectivity index (χ2v) is 3.64.